The Bertz CT molecular complexity index is 377. The van der Waals surface area contributed by atoms with E-state index in [1.54, 1.807) is 11.8 Å². The maximum atomic E-state index is 11.1. The highest BCUT2D eigenvalue weighted by atomic mass is 32.2. The second-order valence-electron chi connectivity index (χ2n) is 3.99. The Hall–Kier alpha value is -0.970. The predicted octanol–water partition coefficient (Wildman–Crippen LogP) is 2.40. The summed E-state index contributed by atoms with van der Waals surface area (Å²) in [6, 6.07) is 2.10. The van der Waals surface area contributed by atoms with Crippen molar-refractivity contribution in [2.24, 2.45) is 0 Å². The molecule has 0 saturated heterocycles. The van der Waals surface area contributed by atoms with Crippen LogP contribution in [0, 0.1) is 6.92 Å². The van der Waals surface area contributed by atoms with Crippen molar-refractivity contribution in [1.29, 1.82) is 0 Å². The molecule has 1 unspecified atom stereocenters. The number of thioether (sulfide) groups is 1. The standard InChI is InChI=1S/C12H20N2O2S/c1-5-14-11(6-9(2)13-14)8-17-10(3)7-12(15)16-4/h6,10H,5,7-8H2,1-4H3. The minimum atomic E-state index is -0.148. The fourth-order valence-electron chi connectivity index (χ4n) is 1.59. The van der Waals surface area contributed by atoms with Gasteiger partial charge < -0.3 is 4.74 Å². The van der Waals surface area contributed by atoms with E-state index < -0.39 is 0 Å². The van der Waals surface area contributed by atoms with Crippen LogP contribution in [0.2, 0.25) is 0 Å². The minimum Gasteiger partial charge on any atom is -0.469 e. The summed E-state index contributed by atoms with van der Waals surface area (Å²) in [5, 5.41) is 4.66. The highest BCUT2D eigenvalue weighted by Crippen LogP contribution is 2.20. The van der Waals surface area contributed by atoms with E-state index in [1.165, 1.54) is 12.8 Å². The topological polar surface area (TPSA) is 44.1 Å². The Labute approximate surface area is 107 Å². The van der Waals surface area contributed by atoms with Crippen molar-refractivity contribution in [3.8, 4) is 0 Å². The maximum Gasteiger partial charge on any atom is 0.306 e. The first-order valence-corrected chi connectivity index (χ1v) is 6.83. The maximum absolute atomic E-state index is 11.1. The van der Waals surface area contributed by atoms with Gasteiger partial charge in [-0.15, -0.1) is 0 Å². The molecule has 0 bridgehead atoms. The summed E-state index contributed by atoms with van der Waals surface area (Å²) in [5.74, 6) is 0.734. The number of aryl methyl sites for hydroxylation is 2. The van der Waals surface area contributed by atoms with E-state index in [9.17, 15) is 4.79 Å². The summed E-state index contributed by atoms with van der Waals surface area (Å²) in [6.45, 7) is 7.01. The molecule has 1 heterocycles. The molecule has 0 spiro atoms. The van der Waals surface area contributed by atoms with Crippen molar-refractivity contribution in [3.05, 3.63) is 17.5 Å². The summed E-state index contributed by atoms with van der Waals surface area (Å²) in [7, 11) is 1.43. The lowest BCUT2D eigenvalue weighted by Crippen LogP contribution is -2.09. The predicted molar refractivity (Wildman–Crippen MR) is 70.0 cm³/mol. The molecule has 0 amide bonds. The second kappa shape index (κ2) is 6.69. The number of rotatable bonds is 6. The van der Waals surface area contributed by atoms with E-state index in [-0.39, 0.29) is 11.2 Å². The third-order valence-corrected chi connectivity index (χ3v) is 3.68. The van der Waals surface area contributed by atoms with E-state index in [0.29, 0.717) is 6.42 Å². The van der Waals surface area contributed by atoms with E-state index in [1.807, 2.05) is 18.5 Å². The van der Waals surface area contributed by atoms with Crippen LogP contribution in [0.15, 0.2) is 6.07 Å². The molecule has 0 aromatic carbocycles. The van der Waals surface area contributed by atoms with Gasteiger partial charge in [-0.2, -0.15) is 16.9 Å². The van der Waals surface area contributed by atoms with Gasteiger partial charge in [0.25, 0.3) is 0 Å². The molecule has 4 nitrogen and oxygen atoms in total. The zero-order chi connectivity index (χ0) is 12.8. The molecular formula is C12H20N2O2S. The molecule has 1 aromatic rings. The van der Waals surface area contributed by atoms with Gasteiger partial charge in [0.05, 0.1) is 19.2 Å². The molecule has 96 valence electrons. The summed E-state index contributed by atoms with van der Waals surface area (Å²) < 4.78 is 6.66. The normalized spacial score (nSPS) is 12.5. The lowest BCUT2D eigenvalue weighted by atomic mass is 10.3. The third-order valence-electron chi connectivity index (χ3n) is 2.48. The number of carbonyl (C=O) groups excluding carboxylic acids is 1. The van der Waals surface area contributed by atoms with Gasteiger partial charge in [-0.05, 0) is 19.9 Å². The largest absolute Gasteiger partial charge is 0.469 e. The number of esters is 1. The van der Waals surface area contributed by atoms with Crippen LogP contribution in [-0.2, 0) is 21.8 Å². The third kappa shape index (κ3) is 4.42. The van der Waals surface area contributed by atoms with Gasteiger partial charge in [-0.3, -0.25) is 9.48 Å². The number of methoxy groups -OCH3 is 1. The molecule has 0 radical (unpaired) electrons. The lowest BCUT2D eigenvalue weighted by Gasteiger charge is -2.10. The Morgan fingerprint density at radius 1 is 1.65 bits per heavy atom. The highest BCUT2D eigenvalue weighted by Gasteiger charge is 2.11. The first kappa shape index (κ1) is 14.1. The average molecular weight is 256 g/mol. The number of hydrogen-bond donors (Lipinski definition) is 0. The van der Waals surface area contributed by atoms with E-state index in [2.05, 4.69) is 22.8 Å². The quantitative estimate of drug-likeness (QED) is 0.733. The number of nitrogens with zero attached hydrogens (tertiary/aromatic N) is 2. The van der Waals surface area contributed by atoms with Crippen molar-refractivity contribution >= 4 is 17.7 Å². The van der Waals surface area contributed by atoms with Crippen LogP contribution in [0.3, 0.4) is 0 Å². The molecule has 17 heavy (non-hydrogen) atoms. The van der Waals surface area contributed by atoms with Gasteiger partial charge in [0.15, 0.2) is 0 Å². The highest BCUT2D eigenvalue weighted by molar-refractivity contribution is 7.99. The molecule has 0 aliphatic heterocycles. The number of aromatic nitrogens is 2. The molecule has 1 atom stereocenters. The second-order valence-corrected chi connectivity index (χ2v) is 5.42. The van der Waals surface area contributed by atoms with E-state index in [0.717, 1.165) is 18.0 Å². The van der Waals surface area contributed by atoms with Crippen LogP contribution < -0.4 is 0 Å². The molecule has 1 aromatic heterocycles. The fourth-order valence-corrected chi connectivity index (χ4v) is 2.54. The Morgan fingerprint density at radius 2 is 2.35 bits per heavy atom. The van der Waals surface area contributed by atoms with Crippen molar-refractivity contribution in [1.82, 2.24) is 9.78 Å². The first-order chi connectivity index (χ1) is 8.06. The van der Waals surface area contributed by atoms with Crippen LogP contribution in [0.5, 0.6) is 0 Å². The Morgan fingerprint density at radius 3 is 2.94 bits per heavy atom. The molecule has 0 saturated carbocycles. The van der Waals surface area contributed by atoms with Gasteiger partial charge in [-0.25, -0.2) is 0 Å². The zero-order valence-electron chi connectivity index (χ0n) is 10.9. The molecule has 0 N–H and O–H groups in total. The molecular weight excluding hydrogens is 236 g/mol. The van der Waals surface area contributed by atoms with Gasteiger partial charge in [0.1, 0.15) is 0 Å². The van der Waals surface area contributed by atoms with E-state index in [4.69, 9.17) is 0 Å². The molecule has 1 rings (SSSR count). The summed E-state index contributed by atoms with van der Waals surface area (Å²) in [6.07, 6.45) is 0.459. The van der Waals surface area contributed by atoms with Gasteiger partial charge >= 0.3 is 5.97 Å². The van der Waals surface area contributed by atoms with Crippen LogP contribution in [-0.4, -0.2) is 28.1 Å². The fraction of sp³-hybridized carbons (Fsp3) is 0.667. The Kier molecular flexibility index (Phi) is 5.55. The summed E-state index contributed by atoms with van der Waals surface area (Å²) in [4.78, 5) is 11.1. The van der Waals surface area contributed by atoms with Gasteiger partial charge in [0.2, 0.25) is 0 Å². The monoisotopic (exact) mass is 256 g/mol. The van der Waals surface area contributed by atoms with Crippen molar-refractivity contribution in [3.63, 3.8) is 0 Å². The van der Waals surface area contributed by atoms with Crippen molar-refractivity contribution < 1.29 is 9.53 Å². The smallest absolute Gasteiger partial charge is 0.306 e. The van der Waals surface area contributed by atoms with Crippen LogP contribution >= 0.6 is 11.8 Å². The Balaban J connectivity index is 2.46. The lowest BCUT2D eigenvalue weighted by molar-refractivity contribution is -0.140. The summed E-state index contributed by atoms with van der Waals surface area (Å²) in [5.41, 5.74) is 2.26. The number of ether oxygens (including phenoxy) is 1. The average Bonchev–Trinajstić information content (AvgIpc) is 2.66. The molecule has 5 heteroatoms. The SMILES string of the molecule is CCn1nc(C)cc1CSC(C)CC(=O)OC. The number of carbonyl (C=O) groups is 1. The van der Waals surface area contributed by atoms with Crippen molar-refractivity contribution in [2.45, 2.75) is 44.7 Å². The first-order valence-electron chi connectivity index (χ1n) is 5.78. The van der Waals surface area contributed by atoms with E-state index >= 15 is 0 Å². The molecule has 0 aliphatic carbocycles. The van der Waals surface area contributed by atoms with Gasteiger partial charge in [0, 0.05) is 23.2 Å². The van der Waals surface area contributed by atoms with Crippen LogP contribution in [0.4, 0.5) is 0 Å². The molecule has 0 aliphatic rings. The van der Waals surface area contributed by atoms with Crippen molar-refractivity contribution in [2.75, 3.05) is 7.11 Å². The van der Waals surface area contributed by atoms with Crippen LogP contribution in [0.25, 0.3) is 0 Å². The zero-order valence-corrected chi connectivity index (χ0v) is 11.7. The van der Waals surface area contributed by atoms with Gasteiger partial charge in [-0.1, -0.05) is 6.92 Å². The summed E-state index contributed by atoms with van der Waals surface area (Å²) >= 11 is 1.75. The van der Waals surface area contributed by atoms with Crippen LogP contribution in [0.1, 0.15) is 31.7 Å². The minimum absolute atomic E-state index is 0.148. The number of hydrogen-bond acceptors (Lipinski definition) is 4. The molecule has 0 fully saturated rings.